The lowest BCUT2D eigenvalue weighted by atomic mass is 10.3. The van der Waals surface area contributed by atoms with E-state index in [-0.39, 0.29) is 17.6 Å². The van der Waals surface area contributed by atoms with E-state index in [2.05, 4.69) is 0 Å². The molecule has 1 aliphatic rings. The number of nitrogens with two attached hydrogens (primary N) is 1. The minimum absolute atomic E-state index is 0.0575. The Morgan fingerprint density at radius 1 is 1.36 bits per heavy atom. The third-order valence-corrected chi connectivity index (χ3v) is 4.16. The molecule has 0 radical (unpaired) electrons. The van der Waals surface area contributed by atoms with Gasteiger partial charge in [-0.15, -0.1) is 0 Å². The maximum absolute atomic E-state index is 11.5. The van der Waals surface area contributed by atoms with Crippen molar-refractivity contribution in [1.82, 2.24) is 0 Å². The summed E-state index contributed by atoms with van der Waals surface area (Å²) in [7, 11) is -2.92. The second kappa shape index (κ2) is 5.68. The molecular formula is C9H19NO3S. The molecule has 14 heavy (non-hydrogen) atoms. The molecule has 1 atom stereocenters. The largest absolute Gasteiger partial charge is 0.377 e. The summed E-state index contributed by atoms with van der Waals surface area (Å²) in [5, 5.41) is 0. The summed E-state index contributed by atoms with van der Waals surface area (Å²) in [4.78, 5) is 0. The van der Waals surface area contributed by atoms with E-state index in [0.29, 0.717) is 19.6 Å². The first-order chi connectivity index (χ1) is 6.64. The molecular weight excluding hydrogens is 202 g/mol. The van der Waals surface area contributed by atoms with E-state index in [1.807, 2.05) is 0 Å². The number of rotatable bonds is 6. The lowest BCUT2D eigenvalue weighted by Crippen LogP contribution is -2.22. The van der Waals surface area contributed by atoms with Crippen LogP contribution in [0.5, 0.6) is 0 Å². The Kier molecular flexibility index (Phi) is 4.84. The molecule has 1 heterocycles. The van der Waals surface area contributed by atoms with Crippen molar-refractivity contribution in [2.45, 2.75) is 31.8 Å². The lowest BCUT2D eigenvalue weighted by Gasteiger charge is -2.09. The van der Waals surface area contributed by atoms with Crippen LogP contribution in [0.2, 0.25) is 0 Å². The highest BCUT2D eigenvalue weighted by Gasteiger charge is 2.22. The van der Waals surface area contributed by atoms with Gasteiger partial charge in [0, 0.05) is 6.61 Å². The fourth-order valence-corrected chi connectivity index (χ4v) is 3.25. The van der Waals surface area contributed by atoms with Gasteiger partial charge in [-0.3, -0.25) is 0 Å². The van der Waals surface area contributed by atoms with Crippen LogP contribution in [0.25, 0.3) is 0 Å². The molecule has 0 aliphatic carbocycles. The highest BCUT2D eigenvalue weighted by molar-refractivity contribution is 7.91. The van der Waals surface area contributed by atoms with Crippen LogP contribution in [-0.2, 0) is 14.6 Å². The zero-order valence-corrected chi connectivity index (χ0v) is 9.26. The second-order valence-electron chi connectivity index (χ2n) is 3.75. The molecule has 0 spiro atoms. The Labute approximate surface area is 85.7 Å². The zero-order valence-electron chi connectivity index (χ0n) is 8.44. The van der Waals surface area contributed by atoms with Gasteiger partial charge in [-0.2, -0.15) is 0 Å². The fourth-order valence-electron chi connectivity index (χ4n) is 1.61. The van der Waals surface area contributed by atoms with Gasteiger partial charge < -0.3 is 10.5 Å². The molecule has 2 N–H and O–H groups in total. The quantitative estimate of drug-likeness (QED) is 0.656. The third-order valence-electron chi connectivity index (χ3n) is 2.37. The molecule has 0 amide bonds. The van der Waals surface area contributed by atoms with Crippen molar-refractivity contribution < 1.29 is 13.2 Å². The number of hydrogen-bond acceptors (Lipinski definition) is 4. The Hall–Kier alpha value is -0.130. The van der Waals surface area contributed by atoms with Gasteiger partial charge in [-0.25, -0.2) is 8.42 Å². The molecule has 1 rings (SSSR count). The number of sulfone groups is 1. The molecule has 1 aliphatic heterocycles. The Balaban J connectivity index is 2.26. The first-order valence-corrected chi connectivity index (χ1v) is 6.98. The van der Waals surface area contributed by atoms with Crippen LogP contribution in [0, 0.1) is 0 Å². The number of unbranched alkanes of at least 4 members (excludes halogenated alkanes) is 1. The van der Waals surface area contributed by atoms with Gasteiger partial charge in [-0.1, -0.05) is 0 Å². The number of hydrogen-bond donors (Lipinski definition) is 1. The first kappa shape index (κ1) is 11.9. The topological polar surface area (TPSA) is 69.4 Å². The molecule has 1 fully saturated rings. The summed E-state index contributed by atoms with van der Waals surface area (Å²) in [6.45, 7) is 1.28. The van der Waals surface area contributed by atoms with Gasteiger partial charge in [0.15, 0.2) is 9.84 Å². The average Bonchev–Trinajstić information content (AvgIpc) is 2.56. The summed E-state index contributed by atoms with van der Waals surface area (Å²) < 4.78 is 28.4. The van der Waals surface area contributed by atoms with Crippen molar-refractivity contribution in [2.24, 2.45) is 5.73 Å². The van der Waals surface area contributed by atoms with Gasteiger partial charge >= 0.3 is 0 Å². The standard InChI is InChI=1S/C9H19NO3S/c10-5-1-2-7-14(11,12)8-9-4-3-6-13-9/h9H,1-8,10H2. The highest BCUT2D eigenvalue weighted by atomic mass is 32.2. The van der Waals surface area contributed by atoms with E-state index in [1.165, 1.54) is 0 Å². The zero-order chi connectivity index (χ0) is 10.4. The predicted octanol–water partition coefficient (Wildman–Crippen LogP) is 0.319. The molecule has 1 unspecified atom stereocenters. The van der Waals surface area contributed by atoms with Crippen molar-refractivity contribution in [1.29, 1.82) is 0 Å². The maximum Gasteiger partial charge on any atom is 0.152 e. The third kappa shape index (κ3) is 4.39. The lowest BCUT2D eigenvalue weighted by molar-refractivity contribution is 0.127. The van der Waals surface area contributed by atoms with E-state index >= 15 is 0 Å². The summed E-state index contributed by atoms with van der Waals surface area (Å²) in [5.74, 6) is 0.446. The van der Waals surface area contributed by atoms with E-state index < -0.39 is 9.84 Å². The van der Waals surface area contributed by atoms with E-state index in [0.717, 1.165) is 19.3 Å². The minimum Gasteiger partial charge on any atom is -0.377 e. The molecule has 5 heteroatoms. The van der Waals surface area contributed by atoms with Gasteiger partial charge in [0.1, 0.15) is 0 Å². The van der Waals surface area contributed by atoms with Crippen molar-refractivity contribution in [3.8, 4) is 0 Å². The maximum atomic E-state index is 11.5. The molecule has 0 bridgehead atoms. The fraction of sp³-hybridized carbons (Fsp3) is 1.00. The van der Waals surface area contributed by atoms with Crippen LogP contribution in [0.3, 0.4) is 0 Å². The summed E-state index contributed by atoms with van der Waals surface area (Å²) >= 11 is 0. The SMILES string of the molecule is NCCCCS(=O)(=O)CC1CCCO1. The summed E-state index contributed by atoms with van der Waals surface area (Å²) in [6, 6.07) is 0. The smallest absolute Gasteiger partial charge is 0.152 e. The Bertz CT molecular complexity index is 245. The van der Waals surface area contributed by atoms with Crippen molar-refractivity contribution in [3.05, 3.63) is 0 Å². The summed E-state index contributed by atoms with van der Waals surface area (Å²) in [6.07, 6.45) is 3.27. The van der Waals surface area contributed by atoms with Gasteiger partial charge in [0.05, 0.1) is 17.6 Å². The number of ether oxygens (including phenoxy) is 1. The molecule has 0 aromatic heterocycles. The van der Waals surface area contributed by atoms with E-state index in [1.54, 1.807) is 0 Å². The van der Waals surface area contributed by atoms with Crippen molar-refractivity contribution in [2.75, 3.05) is 24.7 Å². The van der Waals surface area contributed by atoms with Crippen LogP contribution in [-0.4, -0.2) is 39.2 Å². The molecule has 0 aromatic rings. The molecule has 0 saturated carbocycles. The Morgan fingerprint density at radius 2 is 2.14 bits per heavy atom. The Morgan fingerprint density at radius 3 is 2.71 bits per heavy atom. The van der Waals surface area contributed by atoms with Crippen LogP contribution < -0.4 is 5.73 Å². The van der Waals surface area contributed by atoms with Gasteiger partial charge in [0.2, 0.25) is 0 Å². The normalized spacial score (nSPS) is 22.8. The van der Waals surface area contributed by atoms with Gasteiger partial charge in [0.25, 0.3) is 0 Å². The molecule has 4 nitrogen and oxygen atoms in total. The average molecular weight is 221 g/mol. The monoisotopic (exact) mass is 221 g/mol. The predicted molar refractivity (Wildman–Crippen MR) is 55.9 cm³/mol. The molecule has 1 saturated heterocycles. The van der Waals surface area contributed by atoms with Crippen LogP contribution in [0.15, 0.2) is 0 Å². The summed E-state index contributed by atoms with van der Waals surface area (Å²) in [5.41, 5.74) is 5.30. The second-order valence-corrected chi connectivity index (χ2v) is 5.97. The molecule has 0 aromatic carbocycles. The highest BCUT2D eigenvalue weighted by Crippen LogP contribution is 2.14. The minimum atomic E-state index is -2.92. The van der Waals surface area contributed by atoms with Crippen LogP contribution in [0.1, 0.15) is 25.7 Å². The molecule has 84 valence electrons. The van der Waals surface area contributed by atoms with Crippen LogP contribution >= 0.6 is 0 Å². The van der Waals surface area contributed by atoms with E-state index in [9.17, 15) is 8.42 Å². The van der Waals surface area contributed by atoms with Crippen molar-refractivity contribution >= 4 is 9.84 Å². The van der Waals surface area contributed by atoms with Crippen molar-refractivity contribution in [3.63, 3.8) is 0 Å². The van der Waals surface area contributed by atoms with Crippen LogP contribution in [0.4, 0.5) is 0 Å². The van der Waals surface area contributed by atoms with E-state index in [4.69, 9.17) is 10.5 Å². The first-order valence-electron chi connectivity index (χ1n) is 5.16. The van der Waals surface area contributed by atoms with Gasteiger partial charge in [-0.05, 0) is 32.2 Å².